The highest BCUT2D eigenvalue weighted by Gasteiger charge is 2.18. The molecule has 0 radical (unpaired) electrons. The molecule has 0 atom stereocenters. The molecule has 0 aliphatic carbocycles. The standard InChI is InChI=1S/C12H21N3O2/c1-15(11-3-5-13-6-4-11)8-10-7-12(9-16-2)17-14-10/h7,11,13H,3-6,8-9H2,1-2H3. The van der Waals surface area contributed by atoms with E-state index in [4.69, 9.17) is 9.26 Å². The van der Waals surface area contributed by atoms with Crippen LogP contribution >= 0.6 is 0 Å². The van der Waals surface area contributed by atoms with Crippen LogP contribution in [-0.2, 0) is 17.9 Å². The quantitative estimate of drug-likeness (QED) is 0.831. The largest absolute Gasteiger partial charge is 0.377 e. The molecule has 1 fully saturated rings. The molecule has 0 saturated carbocycles. The molecule has 0 bridgehead atoms. The Morgan fingerprint density at radius 3 is 3.00 bits per heavy atom. The van der Waals surface area contributed by atoms with E-state index in [0.29, 0.717) is 12.6 Å². The zero-order chi connectivity index (χ0) is 12.1. The first kappa shape index (κ1) is 12.5. The Morgan fingerprint density at radius 2 is 2.29 bits per heavy atom. The molecule has 5 nitrogen and oxygen atoms in total. The zero-order valence-electron chi connectivity index (χ0n) is 10.6. The number of methoxy groups -OCH3 is 1. The number of aromatic nitrogens is 1. The number of nitrogens with zero attached hydrogens (tertiary/aromatic N) is 2. The fourth-order valence-electron chi connectivity index (χ4n) is 2.27. The van der Waals surface area contributed by atoms with Gasteiger partial charge in [0, 0.05) is 25.8 Å². The van der Waals surface area contributed by atoms with Crippen molar-refractivity contribution >= 4 is 0 Å². The van der Waals surface area contributed by atoms with E-state index < -0.39 is 0 Å². The summed E-state index contributed by atoms with van der Waals surface area (Å²) in [6.45, 7) is 3.56. The maximum Gasteiger partial charge on any atom is 0.162 e. The molecule has 0 aromatic carbocycles. The lowest BCUT2D eigenvalue weighted by Gasteiger charge is -2.30. The Morgan fingerprint density at radius 1 is 1.53 bits per heavy atom. The second-order valence-corrected chi connectivity index (χ2v) is 4.61. The molecule has 0 spiro atoms. The van der Waals surface area contributed by atoms with Crippen LogP contribution < -0.4 is 5.32 Å². The predicted molar refractivity (Wildman–Crippen MR) is 64.6 cm³/mol. The fourth-order valence-corrected chi connectivity index (χ4v) is 2.27. The molecule has 1 saturated heterocycles. The average molecular weight is 239 g/mol. The third-order valence-electron chi connectivity index (χ3n) is 3.24. The number of hydrogen-bond donors (Lipinski definition) is 1. The molecule has 0 amide bonds. The van der Waals surface area contributed by atoms with Gasteiger partial charge in [-0.05, 0) is 33.0 Å². The summed E-state index contributed by atoms with van der Waals surface area (Å²) in [7, 11) is 3.81. The SMILES string of the molecule is COCc1cc(CN(C)C2CCNCC2)no1. The van der Waals surface area contributed by atoms with Crippen molar-refractivity contribution in [1.82, 2.24) is 15.4 Å². The van der Waals surface area contributed by atoms with Crippen molar-refractivity contribution in [3.05, 3.63) is 17.5 Å². The van der Waals surface area contributed by atoms with Crippen LogP contribution in [0.5, 0.6) is 0 Å². The van der Waals surface area contributed by atoms with Crippen molar-refractivity contribution in [3.8, 4) is 0 Å². The van der Waals surface area contributed by atoms with E-state index in [0.717, 1.165) is 31.1 Å². The Kier molecular flexibility index (Phi) is 4.53. The summed E-state index contributed by atoms with van der Waals surface area (Å²) in [5, 5.41) is 7.43. The number of piperidine rings is 1. The lowest BCUT2D eigenvalue weighted by atomic mass is 10.1. The van der Waals surface area contributed by atoms with Crippen LogP contribution in [0.2, 0.25) is 0 Å². The smallest absolute Gasteiger partial charge is 0.162 e. The second kappa shape index (κ2) is 6.14. The normalized spacial score (nSPS) is 17.8. The Balaban J connectivity index is 1.85. The van der Waals surface area contributed by atoms with E-state index in [1.165, 1.54) is 12.8 Å². The van der Waals surface area contributed by atoms with Crippen LogP contribution in [0.3, 0.4) is 0 Å². The summed E-state index contributed by atoms with van der Waals surface area (Å²) in [6.07, 6.45) is 2.42. The first-order valence-electron chi connectivity index (χ1n) is 6.14. The first-order chi connectivity index (χ1) is 8.29. The van der Waals surface area contributed by atoms with Crippen LogP contribution in [0.25, 0.3) is 0 Å². The van der Waals surface area contributed by atoms with Gasteiger partial charge in [-0.15, -0.1) is 0 Å². The number of rotatable bonds is 5. The van der Waals surface area contributed by atoms with Crippen LogP contribution in [0.15, 0.2) is 10.6 Å². The van der Waals surface area contributed by atoms with Gasteiger partial charge in [0.1, 0.15) is 6.61 Å². The molecule has 0 unspecified atom stereocenters. The lowest BCUT2D eigenvalue weighted by molar-refractivity contribution is 0.155. The highest BCUT2D eigenvalue weighted by Crippen LogP contribution is 2.14. The van der Waals surface area contributed by atoms with Gasteiger partial charge in [0.15, 0.2) is 5.76 Å². The number of hydrogen-bond acceptors (Lipinski definition) is 5. The number of nitrogens with one attached hydrogen (secondary N) is 1. The molecule has 1 aromatic heterocycles. The summed E-state index contributed by atoms with van der Waals surface area (Å²) >= 11 is 0. The summed E-state index contributed by atoms with van der Waals surface area (Å²) < 4.78 is 10.2. The topological polar surface area (TPSA) is 50.5 Å². The van der Waals surface area contributed by atoms with Gasteiger partial charge in [-0.3, -0.25) is 4.90 Å². The van der Waals surface area contributed by atoms with E-state index in [1.807, 2.05) is 6.07 Å². The van der Waals surface area contributed by atoms with Gasteiger partial charge in [0.05, 0.1) is 5.69 Å². The molecule has 5 heteroatoms. The van der Waals surface area contributed by atoms with Crippen LogP contribution in [0.4, 0.5) is 0 Å². The molecule has 17 heavy (non-hydrogen) atoms. The van der Waals surface area contributed by atoms with E-state index in [2.05, 4.69) is 22.4 Å². The predicted octanol–water partition coefficient (Wildman–Crippen LogP) is 1.00. The minimum Gasteiger partial charge on any atom is -0.377 e. The first-order valence-corrected chi connectivity index (χ1v) is 6.14. The van der Waals surface area contributed by atoms with E-state index >= 15 is 0 Å². The third kappa shape index (κ3) is 3.52. The maximum atomic E-state index is 5.18. The molecule has 1 N–H and O–H groups in total. The summed E-state index contributed by atoms with van der Waals surface area (Å²) in [5.41, 5.74) is 0.984. The van der Waals surface area contributed by atoms with Gasteiger partial charge in [0.2, 0.25) is 0 Å². The van der Waals surface area contributed by atoms with Crippen molar-refractivity contribution in [1.29, 1.82) is 0 Å². The van der Waals surface area contributed by atoms with Crippen LogP contribution in [0.1, 0.15) is 24.3 Å². The summed E-state index contributed by atoms with van der Waals surface area (Å²) in [4.78, 5) is 2.36. The molecule has 1 aliphatic heterocycles. The monoisotopic (exact) mass is 239 g/mol. The van der Waals surface area contributed by atoms with Crippen molar-refractivity contribution in [2.75, 3.05) is 27.2 Å². The maximum absolute atomic E-state index is 5.18. The lowest BCUT2D eigenvalue weighted by Crippen LogP contribution is -2.40. The van der Waals surface area contributed by atoms with Crippen LogP contribution in [0, 0.1) is 0 Å². The van der Waals surface area contributed by atoms with Crippen molar-refractivity contribution in [2.45, 2.75) is 32.0 Å². The summed E-state index contributed by atoms with van der Waals surface area (Å²) in [6, 6.07) is 2.62. The van der Waals surface area contributed by atoms with Gasteiger partial charge in [-0.1, -0.05) is 5.16 Å². The highest BCUT2D eigenvalue weighted by molar-refractivity contribution is 5.04. The molecule has 2 rings (SSSR count). The van der Waals surface area contributed by atoms with Crippen molar-refractivity contribution in [2.24, 2.45) is 0 Å². The third-order valence-corrected chi connectivity index (χ3v) is 3.24. The van der Waals surface area contributed by atoms with E-state index in [9.17, 15) is 0 Å². The fraction of sp³-hybridized carbons (Fsp3) is 0.750. The van der Waals surface area contributed by atoms with Gasteiger partial charge < -0.3 is 14.6 Å². The van der Waals surface area contributed by atoms with Gasteiger partial charge >= 0.3 is 0 Å². The molecule has 1 aliphatic rings. The van der Waals surface area contributed by atoms with Crippen molar-refractivity contribution < 1.29 is 9.26 Å². The molecule has 2 heterocycles. The molecular weight excluding hydrogens is 218 g/mol. The minimum absolute atomic E-state index is 0.490. The van der Waals surface area contributed by atoms with E-state index in [1.54, 1.807) is 7.11 Å². The van der Waals surface area contributed by atoms with Crippen LogP contribution in [-0.4, -0.2) is 43.3 Å². The van der Waals surface area contributed by atoms with Gasteiger partial charge in [0.25, 0.3) is 0 Å². The molecule has 1 aromatic rings. The Bertz CT molecular complexity index is 334. The highest BCUT2D eigenvalue weighted by atomic mass is 16.5. The average Bonchev–Trinajstić information content (AvgIpc) is 2.78. The summed E-state index contributed by atoms with van der Waals surface area (Å²) in [5.74, 6) is 0.793. The molecule has 96 valence electrons. The Hall–Kier alpha value is -0.910. The Labute approximate surface area is 102 Å². The minimum atomic E-state index is 0.490. The number of ether oxygens (including phenoxy) is 1. The van der Waals surface area contributed by atoms with Gasteiger partial charge in [-0.2, -0.15) is 0 Å². The van der Waals surface area contributed by atoms with Crippen molar-refractivity contribution in [3.63, 3.8) is 0 Å². The molecular formula is C12H21N3O2. The second-order valence-electron chi connectivity index (χ2n) is 4.61. The zero-order valence-corrected chi connectivity index (χ0v) is 10.6. The van der Waals surface area contributed by atoms with Gasteiger partial charge in [-0.25, -0.2) is 0 Å². The van der Waals surface area contributed by atoms with E-state index in [-0.39, 0.29) is 0 Å².